The fraction of sp³-hybridized carbons (Fsp3) is 0.476. The predicted molar refractivity (Wildman–Crippen MR) is 101 cm³/mol. The topological polar surface area (TPSA) is 35.5 Å². The quantitative estimate of drug-likeness (QED) is 0.313. The van der Waals surface area contributed by atoms with Crippen molar-refractivity contribution in [3.05, 3.63) is 53.8 Å². The summed E-state index contributed by atoms with van der Waals surface area (Å²) in [5.74, 6) is 0.841. The van der Waals surface area contributed by atoms with Gasteiger partial charge in [-0.3, -0.25) is 0 Å². The molecular formula is C21H26O3Se. The fourth-order valence-electron chi connectivity index (χ4n) is 3.37. The fourth-order valence-corrected chi connectivity index (χ4v) is 5.39. The average molecular weight is 405 g/mol. The van der Waals surface area contributed by atoms with Crippen molar-refractivity contribution in [2.24, 2.45) is 5.92 Å². The maximum absolute atomic E-state index is 12.5. The molecular weight excluding hydrogens is 379 g/mol. The van der Waals surface area contributed by atoms with E-state index in [1.165, 1.54) is 4.46 Å². The molecule has 0 radical (unpaired) electrons. The SMILES string of the molecule is CCOC(=O)/C(=C1/CCC(C[Se]c2ccccc2)O1)C1C=CCCC1. The summed E-state index contributed by atoms with van der Waals surface area (Å²) in [7, 11) is 0. The Morgan fingerprint density at radius 2 is 2.12 bits per heavy atom. The molecule has 3 rings (SSSR count). The number of hydrogen-bond donors (Lipinski definition) is 0. The Morgan fingerprint density at radius 1 is 1.28 bits per heavy atom. The first-order valence-corrected chi connectivity index (χ1v) is 11.3. The minimum atomic E-state index is -0.191. The van der Waals surface area contributed by atoms with Crippen LogP contribution >= 0.6 is 0 Å². The third-order valence-corrected chi connectivity index (χ3v) is 7.00. The normalized spacial score (nSPS) is 24.7. The van der Waals surface area contributed by atoms with E-state index in [0.717, 1.165) is 48.8 Å². The van der Waals surface area contributed by atoms with Gasteiger partial charge in [0.2, 0.25) is 0 Å². The van der Waals surface area contributed by atoms with E-state index in [1.807, 2.05) is 6.92 Å². The Balaban J connectivity index is 1.68. The first-order valence-electron chi connectivity index (χ1n) is 9.19. The zero-order valence-corrected chi connectivity index (χ0v) is 16.5. The molecule has 1 aliphatic carbocycles. The Morgan fingerprint density at radius 3 is 2.84 bits per heavy atom. The predicted octanol–water partition coefficient (Wildman–Crippen LogP) is 3.79. The summed E-state index contributed by atoms with van der Waals surface area (Å²) >= 11 is 0.413. The van der Waals surface area contributed by atoms with E-state index >= 15 is 0 Å². The molecule has 4 heteroatoms. The van der Waals surface area contributed by atoms with Gasteiger partial charge in [-0.25, -0.2) is 0 Å². The Bertz CT molecular complexity index is 636. The van der Waals surface area contributed by atoms with Crippen LogP contribution in [0.25, 0.3) is 0 Å². The monoisotopic (exact) mass is 406 g/mol. The third-order valence-electron chi connectivity index (χ3n) is 4.60. The van der Waals surface area contributed by atoms with Crippen molar-refractivity contribution in [2.45, 2.75) is 50.5 Å². The zero-order chi connectivity index (χ0) is 17.5. The van der Waals surface area contributed by atoms with Crippen LogP contribution in [-0.2, 0) is 14.3 Å². The van der Waals surface area contributed by atoms with Crippen LogP contribution in [-0.4, -0.2) is 33.6 Å². The number of allylic oxidation sites excluding steroid dienone is 3. The number of carbonyl (C=O) groups excluding carboxylic acids is 1. The van der Waals surface area contributed by atoms with Crippen LogP contribution in [0.4, 0.5) is 0 Å². The maximum atomic E-state index is 12.5. The molecule has 0 N–H and O–H groups in total. The summed E-state index contributed by atoms with van der Waals surface area (Å²) in [6, 6.07) is 10.6. The van der Waals surface area contributed by atoms with Crippen molar-refractivity contribution >= 4 is 25.4 Å². The Hall–Kier alpha value is -1.51. The van der Waals surface area contributed by atoms with Gasteiger partial charge in [-0.1, -0.05) is 0 Å². The van der Waals surface area contributed by atoms with E-state index in [4.69, 9.17) is 9.47 Å². The van der Waals surface area contributed by atoms with Crippen molar-refractivity contribution in [1.29, 1.82) is 0 Å². The van der Waals surface area contributed by atoms with Gasteiger partial charge in [0.05, 0.1) is 0 Å². The summed E-state index contributed by atoms with van der Waals surface area (Å²) in [5, 5.41) is 1.05. The molecule has 1 aromatic carbocycles. The second kappa shape index (κ2) is 9.26. The van der Waals surface area contributed by atoms with Gasteiger partial charge in [0, 0.05) is 0 Å². The molecule has 1 fully saturated rings. The molecule has 1 aliphatic heterocycles. The number of ether oxygens (including phenoxy) is 2. The van der Waals surface area contributed by atoms with E-state index in [-0.39, 0.29) is 18.0 Å². The van der Waals surface area contributed by atoms with Gasteiger partial charge < -0.3 is 0 Å². The zero-order valence-electron chi connectivity index (χ0n) is 14.8. The van der Waals surface area contributed by atoms with E-state index in [1.54, 1.807) is 0 Å². The van der Waals surface area contributed by atoms with Gasteiger partial charge >= 0.3 is 156 Å². The molecule has 2 atom stereocenters. The van der Waals surface area contributed by atoms with Gasteiger partial charge in [0.15, 0.2) is 0 Å². The molecule has 0 saturated carbocycles. The first kappa shape index (κ1) is 18.3. The molecule has 1 saturated heterocycles. The molecule has 3 nitrogen and oxygen atoms in total. The van der Waals surface area contributed by atoms with Crippen molar-refractivity contribution in [2.75, 3.05) is 6.61 Å². The molecule has 25 heavy (non-hydrogen) atoms. The summed E-state index contributed by atoms with van der Waals surface area (Å²) < 4.78 is 13.0. The second-order valence-electron chi connectivity index (χ2n) is 6.43. The van der Waals surface area contributed by atoms with E-state index in [0.29, 0.717) is 21.6 Å². The molecule has 0 bridgehead atoms. The summed E-state index contributed by atoms with van der Waals surface area (Å²) in [5.41, 5.74) is 0.771. The number of carbonyl (C=O) groups is 1. The van der Waals surface area contributed by atoms with Gasteiger partial charge in [-0.15, -0.1) is 0 Å². The molecule has 1 aromatic rings. The van der Waals surface area contributed by atoms with Gasteiger partial charge in [0.1, 0.15) is 0 Å². The van der Waals surface area contributed by atoms with Gasteiger partial charge in [-0.2, -0.15) is 0 Å². The van der Waals surface area contributed by atoms with Crippen molar-refractivity contribution in [3.63, 3.8) is 0 Å². The molecule has 0 aromatic heterocycles. The Kier molecular flexibility index (Phi) is 6.77. The molecule has 2 unspecified atom stereocenters. The Labute approximate surface area is 156 Å². The van der Waals surface area contributed by atoms with Crippen molar-refractivity contribution in [3.8, 4) is 0 Å². The van der Waals surface area contributed by atoms with Crippen LogP contribution in [0.3, 0.4) is 0 Å². The number of benzene rings is 1. The molecule has 1 heterocycles. The van der Waals surface area contributed by atoms with Crippen LogP contribution < -0.4 is 4.46 Å². The molecule has 0 spiro atoms. The standard InChI is InChI=1S/C21H26O3Se/c1-2-23-21(22)20(16-9-5-3-6-10-16)19-14-13-17(24-19)15-25-18-11-7-4-8-12-18/h4-5,7-9,11-12,16-17H,2-3,6,10,13-15H2,1H3/b20-19-. The molecule has 0 amide bonds. The van der Waals surface area contributed by atoms with Crippen molar-refractivity contribution in [1.82, 2.24) is 0 Å². The average Bonchev–Trinajstić information content (AvgIpc) is 3.11. The number of esters is 1. The summed E-state index contributed by atoms with van der Waals surface area (Å²) in [6.45, 7) is 2.27. The molecule has 2 aliphatic rings. The van der Waals surface area contributed by atoms with E-state index in [9.17, 15) is 4.79 Å². The van der Waals surface area contributed by atoms with Crippen LogP contribution in [0.1, 0.15) is 39.0 Å². The second-order valence-corrected chi connectivity index (χ2v) is 8.72. The third kappa shape index (κ3) is 4.99. The van der Waals surface area contributed by atoms with Gasteiger partial charge in [0.25, 0.3) is 0 Å². The van der Waals surface area contributed by atoms with Gasteiger partial charge in [-0.05, 0) is 0 Å². The minimum absolute atomic E-state index is 0.154. The molecule has 134 valence electrons. The van der Waals surface area contributed by atoms with Crippen LogP contribution in [0, 0.1) is 5.92 Å². The number of rotatable bonds is 6. The first-order chi connectivity index (χ1) is 12.3. The van der Waals surface area contributed by atoms with Crippen LogP contribution in [0.2, 0.25) is 5.32 Å². The summed E-state index contributed by atoms with van der Waals surface area (Å²) in [6.07, 6.45) is 9.66. The van der Waals surface area contributed by atoms with E-state index < -0.39 is 0 Å². The van der Waals surface area contributed by atoms with Crippen molar-refractivity contribution < 1.29 is 14.3 Å². The van der Waals surface area contributed by atoms with E-state index in [2.05, 4.69) is 42.5 Å². The van der Waals surface area contributed by atoms with Crippen LogP contribution in [0.15, 0.2) is 53.8 Å². The summed E-state index contributed by atoms with van der Waals surface area (Å²) in [4.78, 5) is 12.5. The number of hydrogen-bond acceptors (Lipinski definition) is 3. The van der Waals surface area contributed by atoms with Crippen LogP contribution in [0.5, 0.6) is 0 Å².